The third kappa shape index (κ3) is 6.49. The smallest absolute Gasteiger partial charge is 0.247 e. The fraction of sp³-hybridized carbons (Fsp3) is 0.154. The van der Waals surface area contributed by atoms with E-state index >= 15 is 0 Å². The highest BCUT2D eigenvalue weighted by Crippen LogP contribution is 2.35. The van der Waals surface area contributed by atoms with Crippen molar-refractivity contribution in [2.24, 2.45) is 10.2 Å². The Hall–Kier alpha value is -3.83. The number of hydrogen-bond acceptors (Lipinski definition) is 8. The number of anilines is 2. The predicted octanol–water partition coefficient (Wildman–Crippen LogP) is 5.04. The lowest BCUT2D eigenvalue weighted by molar-refractivity contribution is -0.121. The van der Waals surface area contributed by atoms with Gasteiger partial charge in [-0.1, -0.05) is 27.7 Å². The summed E-state index contributed by atoms with van der Waals surface area (Å²) in [5, 5.41) is 20.5. The molecule has 1 heterocycles. The Balaban J connectivity index is 1.55. The number of aromatic hydroxyl groups is 1. The molecule has 9 nitrogen and oxygen atoms in total. The average Bonchev–Trinajstić information content (AvgIpc) is 3.20. The second-order valence-corrected chi connectivity index (χ2v) is 9.88. The second-order valence-electron chi connectivity index (χ2n) is 7.80. The van der Waals surface area contributed by atoms with Crippen molar-refractivity contribution in [3.8, 4) is 17.2 Å². The van der Waals surface area contributed by atoms with E-state index in [4.69, 9.17) is 9.47 Å². The third-order valence-electron chi connectivity index (χ3n) is 5.30. The SMILES string of the molecule is COc1ccc(C=NN=C2SC(CC(=O)Nc3ccc(Br)cc3)C(=O)N2c2ccc(O)cc2)cc1OC. The van der Waals surface area contributed by atoms with E-state index in [1.165, 1.54) is 23.2 Å². The minimum Gasteiger partial charge on any atom is -0.508 e. The van der Waals surface area contributed by atoms with Gasteiger partial charge in [0, 0.05) is 16.6 Å². The molecule has 0 radical (unpaired) electrons. The Bertz CT molecular complexity index is 1350. The summed E-state index contributed by atoms with van der Waals surface area (Å²) in [6.07, 6.45) is 1.48. The molecule has 1 atom stereocenters. The van der Waals surface area contributed by atoms with Gasteiger partial charge in [-0.2, -0.15) is 5.10 Å². The fourth-order valence-electron chi connectivity index (χ4n) is 3.50. The molecule has 0 spiro atoms. The highest BCUT2D eigenvalue weighted by Gasteiger charge is 2.40. The Labute approximate surface area is 226 Å². The van der Waals surface area contributed by atoms with Crippen LogP contribution >= 0.6 is 27.7 Å². The van der Waals surface area contributed by atoms with Crippen LogP contribution in [-0.4, -0.2) is 47.8 Å². The van der Waals surface area contributed by atoms with E-state index < -0.39 is 5.25 Å². The fourth-order valence-corrected chi connectivity index (χ4v) is 4.85. The summed E-state index contributed by atoms with van der Waals surface area (Å²) >= 11 is 4.51. The quantitative estimate of drug-likeness (QED) is 0.284. The standard InChI is InChI=1S/C26H23BrN4O5S/c1-35-21-12-3-16(13-22(21)36-2)15-28-30-26-31(19-8-10-20(32)11-9-19)25(34)23(37-26)14-24(33)29-18-6-4-17(27)5-7-18/h3-13,15,23,32H,14H2,1-2H3,(H,29,33). The molecule has 0 saturated carbocycles. The summed E-state index contributed by atoms with van der Waals surface area (Å²) < 4.78 is 11.5. The van der Waals surface area contributed by atoms with Gasteiger partial charge in [0.25, 0.3) is 0 Å². The van der Waals surface area contributed by atoms with E-state index in [2.05, 4.69) is 31.4 Å². The maximum atomic E-state index is 13.3. The number of rotatable bonds is 8. The van der Waals surface area contributed by atoms with Crippen LogP contribution in [0.5, 0.6) is 17.2 Å². The molecule has 0 aromatic heterocycles. The van der Waals surface area contributed by atoms with Crippen molar-refractivity contribution in [1.82, 2.24) is 0 Å². The van der Waals surface area contributed by atoms with Crippen LogP contribution in [0.15, 0.2) is 81.4 Å². The van der Waals surface area contributed by atoms with E-state index in [1.807, 2.05) is 12.1 Å². The van der Waals surface area contributed by atoms with E-state index in [0.717, 1.165) is 21.8 Å². The van der Waals surface area contributed by atoms with Gasteiger partial charge in [0.2, 0.25) is 11.8 Å². The van der Waals surface area contributed by atoms with Crippen LogP contribution in [0.2, 0.25) is 0 Å². The molecule has 1 aliphatic rings. The summed E-state index contributed by atoms with van der Waals surface area (Å²) in [6.45, 7) is 0. The highest BCUT2D eigenvalue weighted by molar-refractivity contribution is 9.10. The molecule has 0 aliphatic carbocycles. The van der Waals surface area contributed by atoms with Crippen LogP contribution in [0.4, 0.5) is 11.4 Å². The number of amidine groups is 1. The number of amides is 2. The lowest BCUT2D eigenvalue weighted by Gasteiger charge is -2.16. The van der Waals surface area contributed by atoms with Gasteiger partial charge < -0.3 is 19.9 Å². The summed E-state index contributed by atoms with van der Waals surface area (Å²) in [4.78, 5) is 27.4. The van der Waals surface area contributed by atoms with Crippen molar-refractivity contribution in [3.05, 3.63) is 76.8 Å². The Morgan fingerprint density at radius 3 is 2.46 bits per heavy atom. The normalized spacial score (nSPS) is 16.4. The Morgan fingerprint density at radius 2 is 1.78 bits per heavy atom. The Morgan fingerprint density at radius 1 is 1.08 bits per heavy atom. The number of carbonyl (C=O) groups is 2. The monoisotopic (exact) mass is 582 g/mol. The van der Waals surface area contributed by atoms with Crippen molar-refractivity contribution in [2.75, 3.05) is 24.4 Å². The van der Waals surface area contributed by atoms with Crippen molar-refractivity contribution in [2.45, 2.75) is 11.7 Å². The molecule has 1 unspecified atom stereocenters. The molecule has 11 heteroatoms. The van der Waals surface area contributed by atoms with Crippen molar-refractivity contribution >= 4 is 62.3 Å². The summed E-state index contributed by atoms with van der Waals surface area (Å²) in [5.74, 6) is 0.604. The number of ether oxygens (including phenoxy) is 2. The van der Waals surface area contributed by atoms with Gasteiger partial charge in [-0.3, -0.25) is 14.5 Å². The molecule has 4 rings (SSSR count). The topological polar surface area (TPSA) is 113 Å². The van der Waals surface area contributed by atoms with Gasteiger partial charge in [0.05, 0.1) is 26.1 Å². The number of methoxy groups -OCH3 is 2. The first-order valence-corrected chi connectivity index (χ1v) is 12.7. The molecule has 2 N–H and O–H groups in total. The van der Waals surface area contributed by atoms with E-state index in [-0.39, 0.29) is 24.0 Å². The van der Waals surface area contributed by atoms with Crippen LogP contribution in [-0.2, 0) is 9.59 Å². The Kier molecular flexibility index (Phi) is 8.47. The summed E-state index contributed by atoms with van der Waals surface area (Å²) in [6, 6.07) is 18.6. The molecule has 1 aliphatic heterocycles. The molecular formula is C26H23BrN4O5S. The van der Waals surface area contributed by atoms with Crippen LogP contribution < -0.4 is 19.7 Å². The lowest BCUT2D eigenvalue weighted by atomic mass is 10.2. The number of nitrogens with zero attached hydrogens (tertiary/aromatic N) is 3. The molecule has 37 heavy (non-hydrogen) atoms. The number of phenolic OH excluding ortho intramolecular Hbond substituents is 1. The second kappa shape index (κ2) is 11.9. The number of thioether (sulfide) groups is 1. The van der Waals surface area contributed by atoms with Crippen LogP contribution in [0.3, 0.4) is 0 Å². The van der Waals surface area contributed by atoms with Gasteiger partial charge in [0.15, 0.2) is 16.7 Å². The van der Waals surface area contributed by atoms with Gasteiger partial charge in [-0.15, -0.1) is 5.10 Å². The molecule has 190 valence electrons. The van der Waals surface area contributed by atoms with Crippen LogP contribution in [0.1, 0.15) is 12.0 Å². The lowest BCUT2D eigenvalue weighted by Crippen LogP contribution is -2.33. The molecule has 2 amide bonds. The summed E-state index contributed by atoms with van der Waals surface area (Å²) in [5.41, 5.74) is 1.86. The first kappa shape index (κ1) is 26.2. The highest BCUT2D eigenvalue weighted by atomic mass is 79.9. The van der Waals surface area contributed by atoms with Crippen LogP contribution in [0.25, 0.3) is 0 Å². The van der Waals surface area contributed by atoms with Crippen LogP contribution in [0, 0.1) is 0 Å². The number of benzene rings is 3. The maximum absolute atomic E-state index is 13.3. The number of nitrogens with one attached hydrogen (secondary N) is 1. The third-order valence-corrected chi connectivity index (χ3v) is 6.96. The minimum absolute atomic E-state index is 0.0490. The molecule has 1 fully saturated rings. The molecular weight excluding hydrogens is 560 g/mol. The maximum Gasteiger partial charge on any atom is 0.247 e. The zero-order valence-corrected chi connectivity index (χ0v) is 22.3. The molecule has 3 aromatic carbocycles. The largest absolute Gasteiger partial charge is 0.508 e. The van der Waals surface area contributed by atoms with Crippen molar-refractivity contribution in [3.63, 3.8) is 0 Å². The first-order chi connectivity index (χ1) is 17.9. The molecule has 1 saturated heterocycles. The van der Waals surface area contributed by atoms with E-state index in [1.54, 1.807) is 56.7 Å². The van der Waals surface area contributed by atoms with Crippen molar-refractivity contribution < 1.29 is 24.2 Å². The number of halogens is 1. The number of hydrogen-bond donors (Lipinski definition) is 2. The van der Waals surface area contributed by atoms with Gasteiger partial charge in [-0.25, -0.2) is 0 Å². The molecule has 0 bridgehead atoms. The van der Waals surface area contributed by atoms with Gasteiger partial charge in [-0.05, 0) is 72.3 Å². The van der Waals surface area contributed by atoms with E-state index in [0.29, 0.717) is 28.0 Å². The average molecular weight is 583 g/mol. The minimum atomic E-state index is -0.695. The van der Waals surface area contributed by atoms with Gasteiger partial charge >= 0.3 is 0 Å². The first-order valence-electron chi connectivity index (χ1n) is 11.1. The zero-order chi connectivity index (χ0) is 26.4. The zero-order valence-electron chi connectivity index (χ0n) is 19.9. The molecule has 3 aromatic rings. The van der Waals surface area contributed by atoms with Crippen molar-refractivity contribution in [1.29, 1.82) is 0 Å². The predicted molar refractivity (Wildman–Crippen MR) is 149 cm³/mol. The summed E-state index contributed by atoms with van der Waals surface area (Å²) in [7, 11) is 3.10. The van der Waals surface area contributed by atoms with Gasteiger partial charge in [0.1, 0.15) is 11.0 Å². The number of carbonyl (C=O) groups excluding carboxylic acids is 2. The van der Waals surface area contributed by atoms with E-state index in [9.17, 15) is 14.7 Å². The number of phenols is 1.